The average molecular weight is 444 g/mol. The van der Waals surface area contributed by atoms with Crippen LogP contribution in [0.1, 0.15) is 41.5 Å². The van der Waals surface area contributed by atoms with Crippen LogP contribution in [0.2, 0.25) is 0 Å². The number of carbonyl (C=O) groups excluding carboxylic acids is 2. The van der Waals surface area contributed by atoms with E-state index >= 15 is 0 Å². The van der Waals surface area contributed by atoms with Crippen LogP contribution >= 0.6 is 12.2 Å². The summed E-state index contributed by atoms with van der Waals surface area (Å²) in [7, 11) is 0. The molecule has 31 heavy (non-hydrogen) atoms. The minimum absolute atomic E-state index is 0.0178. The van der Waals surface area contributed by atoms with Crippen LogP contribution in [-0.2, 0) is 4.74 Å². The third kappa shape index (κ3) is 7.66. The quantitative estimate of drug-likeness (QED) is 0.430. The third-order valence-corrected chi connectivity index (χ3v) is 4.67. The molecule has 0 bridgehead atoms. The molecule has 2 aromatic carbocycles. The van der Waals surface area contributed by atoms with E-state index in [1.807, 2.05) is 20.8 Å². The van der Waals surface area contributed by atoms with Gasteiger partial charge in [-0.05, 0) is 75.5 Å². The Morgan fingerprint density at radius 3 is 2.32 bits per heavy atom. The predicted molar refractivity (Wildman–Crippen MR) is 126 cm³/mol. The van der Waals surface area contributed by atoms with Crippen LogP contribution in [0.25, 0.3) is 0 Å². The molecule has 0 spiro atoms. The van der Waals surface area contributed by atoms with Crippen molar-refractivity contribution in [2.75, 3.05) is 38.2 Å². The van der Waals surface area contributed by atoms with Crippen molar-refractivity contribution in [3.63, 3.8) is 0 Å². The molecule has 0 heterocycles. The van der Waals surface area contributed by atoms with Gasteiger partial charge in [-0.25, -0.2) is 0 Å². The highest BCUT2D eigenvalue weighted by molar-refractivity contribution is 7.80. The van der Waals surface area contributed by atoms with Crippen molar-refractivity contribution in [3.05, 3.63) is 59.7 Å². The summed E-state index contributed by atoms with van der Waals surface area (Å²) in [5.41, 5.74) is 1.71. The van der Waals surface area contributed by atoms with Crippen molar-refractivity contribution in [2.24, 2.45) is 0 Å². The van der Waals surface area contributed by atoms with E-state index in [0.717, 1.165) is 0 Å². The van der Waals surface area contributed by atoms with E-state index < -0.39 is 0 Å². The van der Waals surface area contributed by atoms with Gasteiger partial charge >= 0.3 is 0 Å². The summed E-state index contributed by atoms with van der Waals surface area (Å²) in [4.78, 5) is 26.6. The van der Waals surface area contributed by atoms with Crippen LogP contribution in [-0.4, -0.2) is 54.7 Å². The number of ether oxygens (including phenoxy) is 2. The molecule has 2 N–H and O–H groups in total. The number of nitrogens with zero attached hydrogens (tertiary/aromatic N) is 1. The second-order valence-electron chi connectivity index (χ2n) is 6.54. The van der Waals surface area contributed by atoms with Crippen molar-refractivity contribution >= 4 is 34.8 Å². The number of amides is 2. The fraction of sp³-hybridized carbons (Fsp3) is 0.348. The molecular weight excluding hydrogens is 414 g/mol. The van der Waals surface area contributed by atoms with Crippen molar-refractivity contribution in [1.29, 1.82) is 0 Å². The first kappa shape index (κ1) is 24.3. The van der Waals surface area contributed by atoms with Gasteiger partial charge in [-0.3, -0.25) is 14.9 Å². The second-order valence-corrected chi connectivity index (χ2v) is 6.94. The lowest BCUT2D eigenvalue weighted by Crippen LogP contribution is -2.34. The molecule has 0 unspecified atom stereocenters. The molecule has 7 nitrogen and oxygen atoms in total. The smallest absolute Gasteiger partial charge is 0.257 e. The Labute approximate surface area is 188 Å². The van der Waals surface area contributed by atoms with Crippen LogP contribution < -0.4 is 15.4 Å². The van der Waals surface area contributed by atoms with Gasteiger partial charge in [0.25, 0.3) is 11.8 Å². The van der Waals surface area contributed by atoms with Crippen LogP contribution in [0.15, 0.2) is 48.5 Å². The highest BCUT2D eigenvalue weighted by Gasteiger charge is 2.13. The lowest BCUT2D eigenvalue weighted by molar-refractivity contribution is 0.0772. The summed E-state index contributed by atoms with van der Waals surface area (Å²) >= 11 is 5.24. The molecule has 0 saturated carbocycles. The molecule has 2 amide bonds. The Bertz CT molecular complexity index is 883. The highest BCUT2D eigenvalue weighted by Crippen LogP contribution is 2.14. The zero-order valence-corrected chi connectivity index (χ0v) is 19.0. The van der Waals surface area contributed by atoms with Gasteiger partial charge in [-0.15, -0.1) is 0 Å². The topological polar surface area (TPSA) is 79.9 Å². The van der Waals surface area contributed by atoms with Gasteiger partial charge in [-0.1, -0.05) is 6.07 Å². The van der Waals surface area contributed by atoms with E-state index in [4.69, 9.17) is 21.7 Å². The van der Waals surface area contributed by atoms with Gasteiger partial charge in [-0.2, -0.15) is 0 Å². The third-order valence-electron chi connectivity index (χ3n) is 4.46. The Balaban J connectivity index is 1.91. The van der Waals surface area contributed by atoms with E-state index in [1.165, 1.54) is 0 Å². The van der Waals surface area contributed by atoms with E-state index in [2.05, 4.69) is 10.6 Å². The molecular formula is C23H29N3O4S. The number of nitrogens with one attached hydrogen (secondary N) is 2. The molecule has 0 aliphatic carbocycles. The van der Waals surface area contributed by atoms with Crippen LogP contribution in [0.5, 0.6) is 5.75 Å². The average Bonchev–Trinajstić information content (AvgIpc) is 2.78. The van der Waals surface area contributed by atoms with Crippen molar-refractivity contribution in [3.8, 4) is 5.75 Å². The summed E-state index contributed by atoms with van der Waals surface area (Å²) in [6.45, 7) is 8.65. The maximum Gasteiger partial charge on any atom is 0.257 e. The number of carbonyl (C=O) groups is 2. The number of rotatable bonds is 10. The van der Waals surface area contributed by atoms with Gasteiger partial charge < -0.3 is 19.7 Å². The molecule has 0 saturated heterocycles. The van der Waals surface area contributed by atoms with E-state index in [1.54, 1.807) is 53.4 Å². The molecule has 0 aliphatic rings. The first-order chi connectivity index (χ1) is 15.0. The summed E-state index contributed by atoms with van der Waals surface area (Å²) in [6, 6.07) is 13.8. The maximum absolute atomic E-state index is 12.5. The second kappa shape index (κ2) is 12.7. The van der Waals surface area contributed by atoms with Crippen molar-refractivity contribution in [1.82, 2.24) is 10.2 Å². The molecule has 0 atom stereocenters. The highest BCUT2D eigenvalue weighted by atomic mass is 32.1. The number of thiocarbonyl (C=S) groups is 1. The first-order valence-electron chi connectivity index (χ1n) is 10.3. The Hall–Kier alpha value is -2.97. The monoisotopic (exact) mass is 443 g/mol. The van der Waals surface area contributed by atoms with E-state index in [0.29, 0.717) is 55.5 Å². The largest absolute Gasteiger partial charge is 0.491 e. The molecule has 0 aliphatic heterocycles. The van der Waals surface area contributed by atoms with E-state index in [-0.39, 0.29) is 16.9 Å². The maximum atomic E-state index is 12.5. The Kier molecular flexibility index (Phi) is 9.93. The number of anilines is 1. The minimum Gasteiger partial charge on any atom is -0.491 e. The summed E-state index contributed by atoms with van der Waals surface area (Å²) in [5, 5.41) is 5.77. The summed E-state index contributed by atoms with van der Waals surface area (Å²) in [6.07, 6.45) is 0. The fourth-order valence-electron chi connectivity index (χ4n) is 2.82. The molecule has 0 aromatic heterocycles. The van der Waals surface area contributed by atoms with Gasteiger partial charge in [0.1, 0.15) is 12.4 Å². The number of benzene rings is 2. The molecule has 0 radical (unpaired) electrons. The Morgan fingerprint density at radius 2 is 1.68 bits per heavy atom. The summed E-state index contributed by atoms with van der Waals surface area (Å²) < 4.78 is 10.8. The van der Waals surface area contributed by atoms with Gasteiger partial charge in [0.2, 0.25) is 0 Å². The van der Waals surface area contributed by atoms with Crippen LogP contribution in [0, 0.1) is 0 Å². The van der Waals surface area contributed by atoms with E-state index in [9.17, 15) is 9.59 Å². The number of hydrogen-bond donors (Lipinski definition) is 2. The molecule has 166 valence electrons. The van der Waals surface area contributed by atoms with Gasteiger partial charge in [0.05, 0.1) is 6.61 Å². The SMILES string of the molecule is CCOCCOc1cccc(C(=O)NC(=S)Nc2ccc(C(=O)N(CC)CC)cc2)c1. The standard InChI is InChI=1S/C23H29N3O4S/c1-4-26(5-2)22(28)17-10-12-19(13-11-17)24-23(31)25-21(27)18-8-7-9-20(16-18)30-15-14-29-6-3/h7-13,16H,4-6,14-15H2,1-3H3,(H2,24,25,27,31). The lowest BCUT2D eigenvalue weighted by atomic mass is 10.2. The van der Waals surface area contributed by atoms with Crippen LogP contribution in [0.4, 0.5) is 5.69 Å². The first-order valence-corrected chi connectivity index (χ1v) is 10.7. The molecule has 0 fully saturated rings. The zero-order valence-electron chi connectivity index (χ0n) is 18.1. The number of hydrogen-bond acceptors (Lipinski definition) is 5. The minimum atomic E-state index is -0.346. The van der Waals surface area contributed by atoms with Crippen LogP contribution in [0.3, 0.4) is 0 Å². The van der Waals surface area contributed by atoms with Crippen molar-refractivity contribution in [2.45, 2.75) is 20.8 Å². The molecule has 2 rings (SSSR count). The fourth-order valence-corrected chi connectivity index (χ4v) is 3.03. The Morgan fingerprint density at radius 1 is 0.968 bits per heavy atom. The summed E-state index contributed by atoms with van der Waals surface area (Å²) in [5.74, 6) is 0.219. The van der Waals surface area contributed by atoms with Gasteiger partial charge in [0.15, 0.2) is 5.11 Å². The molecule has 8 heteroatoms. The van der Waals surface area contributed by atoms with Gasteiger partial charge in [0, 0.05) is 36.5 Å². The molecule has 2 aromatic rings. The normalized spacial score (nSPS) is 10.3. The predicted octanol–water partition coefficient (Wildman–Crippen LogP) is 3.71. The zero-order chi connectivity index (χ0) is 22.6. The van der Waals surface area contributed by atoms with Crippen molar-refractivity contribution < 1.29 is 19.1 Å². The lowest BCUT2D eigenvalue weighted by Gasteiger charge is -2.18.